The van der Waals surface area contributed by atoms with Gasteiger partial charge in [-0.2, -0.15) is 5.10 Å². The summed E-state index contributed by atoms with van der Waals surface area (Å²) in [5.74, 6) is -0.912. The molecule has 6 rings (SSSR count). The lowest BCUT2D eigenvalue weighted by Gasteiger charge is -2.29. The lowest BCUT2D eigenvalue weighted by Crippen LogP contribution is -2.52. The molecule has 35 heavy (non-hydrogen) atoms. The Labute approximate surface area is 199 Å². The monoisotopic (exact) mass is 467 g/mol. The smallest absolute Gasteiger partial charge is 0.255 e. The Bertz CT molecular complexity index is 1460. The van der Waals surface area contributed by atoms with Gasteiger partial charge in [-0.25, -0.2) is 4.68 Å². The number of piperidine rings is 1. The zero-order valence-corrected chi connectivity index (χ0v) is 18.6. The molecule has 174 valence electrons. The minimum absolute atomic E-state index is 0.196. The number of H-pyrrole nitrogens is 1. The van der Waals surface area contributed by atoms with Crippen LogP contribution in [0, 0.1) is 0 Å². The Morgan fingerprint density at radius 1 is 0.971 bits per heavy atom. The highest BCUT2D eigenvalue weighted by Crippen LogP contribution is 2.30. The van der Waals surface area contributed by atoms with Gasteiger partial charge in [0.25, 0.3) is 5.91 Å². The van der Waals surface area contributed by atoms with Crippen molar-refractivity contribution in [1.29, 1.82) is 0 Å². The highest BCUT2D eigenvalue weighted by molar-refractivity contribution is 6.05. The molecule has 1 atom stereocenters. The minimum atomic E-state index is -0.632. The van der Waals surface area contributed by atoms with Crippen molar-refractivity contribution in [2.24, 2.45) is 0 Å². The summed E-state index contributed by atoms with van der Waals surface area (Å²) in [6.45, 7) is 0.804. The van der Waals surface area contributed by atoms with Gasteiger partial charge < -0.3 is 4.90 Å². The Balaban J connectivity index is 1.18. The SMILES string of the molecule is O=C1CCC(N2Cc3cc(-c4cn(Cc5cc(-c6ccccc6)n[nH]5)nn4)ccc3C2=O)C(=O)N1. The highest BCUT2D eigenvalue weighted by Gasteiger charge is 2.39. The van der Waals surface area contributed by atoms with Crippen LogP contribution in [0.15, 0.2) is 60.8 Å². The summed E-state index contributed by atoms with van der Waals surface area (Å²) in [4.78, 5) is 38.2. The summed E-state index contributed by atoms with van der Waals surface area (Å²) in [5.41, 5.74) is 5.72. The Hall–Kier alpha value is -4.60. The third-order valence-electron chi connectivity index (χ3n) is 6.39. The Morgan fingerprint density at radius 2 is 1.83 bits per heavy atom. The zero-order chi connectivity index (χ0) is 23.9. The van der Waals surface area contributed by atoms with Gasteiger partial charge in [0.15, 0.2) is 0 Å². The third-order valence-corrected chi connectivity index (χ3v) is 6.39. The van der Waals surface area contributed by atoms with Gasteiger partial charge in [-0.1, -0.05) is 41.6 Å². The van der Waals surface area contributed by atoms with Gasteiger partial charge in [0.05, 0.1) is 24.1 Å². The first-order valence-electron chi connectivity index (χ1n) is 11.3. The predicted molar refractivity (Wildman–Crippen MR) is 125 cm³/mol. The lowest BCUT2D eigenvalue weighted by molar-refractivity contribution is -0.136. The first-order valence-corrected chi connectivity index (χ1v) is 11.3. The predicted octanol–water partition coefficient (Wildman–Crippen LogP) is 2.14. The molecule has 3 amide bonds. The van der Waals surface area contributed by atoms with E-state index in [1.807, 2.05) is 54.7 Å². The van der Waals surface area contributed by atoms with Crippen molar-refractivity contribution in [3.8, 4) is 22.5 Å². The van der Waals surface area contributed by atoms with Crippen LogP contribution in [0.5, 0.6) is 0 Å². The van der Waals surface area contributed by atoms with Crippen LogP contribution < -0.4 is 5.32 Å². The van der Waals surface area contributed by atoms with E-state index >= 15 is 0 Å². The lowest BCUT2D eigenvalue weighted by atomic mass is 10.0. The molecule has 0 spiro atoms. The van der Waals surface area contributed by atoms with Crippen LogP contribution in [0.4, 0.5) is 0 Å². The molecule has 2 N–H and O–H groups in total. The van der Waals surface area contributed by atoms with E-state index in [-0.39, 0.29) is 18.2 Å². The fourth-order valence-corrected chi connectivity index (χ4v) is 4.62. The van der Waals surface area contributed by atoms with Crippen LogP contribution in [-0.2, 0) is 22.7 Å². The molecule has 4 aromatic rings. The molecule has 2 aliphatic heterocycles. The normalized spacial score (nSPS) is 17.5. The average Bonchev–Trinajstić information content (AvgIpc) is 3.60. The topological polar surface area (TPSA) is 126 Å². The molecular formula is C25H21N7O3. The van der Waals surface area contributed by atoms with Crippen molar-refractivity contribution in [2.45, 2.75) is 32.0 Å². The molecule has 0 radical (unpaired) electrons. The first-order chi connectivity index (χ1) is 17.0. The Morgan fingerprint density at radius 3 is 2.66 bits per heavy atom. The number of nitrogens with one attached hydrogen (secondary N) is 2. The number of hydrogen-bond donors (Lipinski definition) is 2. The number of carbonyl (C=O) groups excluding carboxylic acids is 3. The van der Waals surface area contributed by atoms with Gasteiger partial charge in [-0.15, -0.1) is 5.10 Å². The van der Waals surface area contributed by atoms with Gasteiger partial charge in [-0.3, -0.25) is 24.8 Å². The molecule has 0 aliphatic carbocycles. The van der Waals surface area contributed by atoms with Gasteiger partial charge >= 0.3 is 0 Å². The highest BCUT2D eigenvalue weighted by atomic mass is 16.2. The molecule has 1 saturated heterocycles. The molecule has 1 unspecified atom stereocenters. The van der Waals surface area contributed by atoms with Crippen LogP contribution in [0.25, 0.3) is 22.5 Å². The van der Waals surface area contributed by atoms with Crippen molar-refractivity contribution in [1.82, 2.24) is 35.4 Å². The summed E-state index contributed by atoms with van der Waals surface area (Å²) in [7, 11) is 0. The van der Waals surface area contributed by atoms with Crippen molar-refractivity contribution in [2.75, 3.05) is 0 Å². The number of imide groups is 1. The second kappa shape index (κ2) is 8.32. The fraction of sp³-hybridized carbons (Fsp3) is 0.200. The van der Waals surface area contributed by atoms with Gasteiger partial charge in [0.1, 0.15) is 11.7 Å². The molecule has 2 aliphatic rings. The van der Waals surface area contributed by atoms with E-state index in [9.17, 15) is 14.4 Å². The van der Waals surface area contributed by atoms with Crippen LogP contribution in [-0.4, -0.2) is 53.9 Å². The summed E-state index contributed by atoms with van der Waals surface area (Å²) in [6.07, 6.45) is 2.42. The molecule has 0 saturated carbocycles. The van der Waals surface area contributed by atoms with E-state index in [0.29, 0.717) is 30.8 Å². The largest absolute Gasteiger partial charge is 0.322 e. The van der Waals surface area contributed by atoms with Gasteiger partial charge in [0, 0.05) is 29.7 Å². The number of nitrogens with zero attached hydrogens (tertiary/aromatic N) is 5. The van der Waals surface area contributed by atoms with Gasteiger partial charge in [-0.05, 0) is 30.2 Å². The van der Waals surface area contributed by atoms with Gasteiger partial charge in [0.2, 0.25) is 11.8 Å². The minimum Gasteiger partial charge on any atom is -0.322 e. The molecule has 2 aromatic carbocycles. The summed E-state index contributed by atoms with van der Waals surface area (Å²) in [6, 6.07) is 16.8. The average molecular weight is 467 g/mol. The molecule has 10 nitrogen and oxygen atoms in total. The van der Waals surface area contributed by atoms with Crippen molar-refractivity contribution < 1.29 is 14.4 Å². The molecule has 4 heterocycles. The van der Waals surface area contributed by atoms with Crippen molar-refractivity contribution in [3.05, 3.63) is 77.6 Å². The van der Waals surface area contributed by atoms with Crippen LogP contribution in [0.3, 0.4) is 0 Å². The number of carbonyl (C=O) groups is 3. The number of hydrogen-bond acceptors (Lipinski definition) is 6. The van der Waals surface area contributed by atoms with E-state index in [1.54, 1.807) is 10.7 Å². The van der Waals surface area contributed by atoms with Crippen molar-refractivity contribution >= 4 is 17.7 Å². The van der Waals surface area contributed by atoms with Crippen LogP contribution in [0.2, 0.25) is 0 Å². The summed E-state index contributed by atoms with van der Waals surface area (Å²) in [5, 5.41) is 18.3. The number of rotatable bonds is 5. The van der Waals surface area contributed by atoms with Crippen molar-refractivity contribution in [3.63, 3.8) is 0 Å². The second-order valence-electron chi connectivity index (χ2n) is 8.72. The standard InChI is InChI=1S/C25H21N7O3/c33-23-9-8-22(24(34)26-23)32-12-17-10-16(6-7-19(17)25(32)35)21-14-31(30-29-21)13-18-11-20(28-27-18)15-4-2-1-3-5-15/h1-7,10-11,14,22H,8-9,12-13H2,(H,27,28)(H,26,33,34). The molecule has 2 aromatic heterocycles. The molecule has 1 fully saturated rings. The molecule has 10 heteroatoms. The third kappa shape index (κ3) is 3.88. The fourth-order valence-electron chi connectivity index (χ4n) is 4.62. The van der Waals surface area contributed by atoms with E-state index in [4.69, 9.17) is 0 Å². The maximum absolute atomic E-state index is 12.9. The molecular weight excluding hydrogens is 446 g/mol. The zero-order valence-electron chi connectivity index (χ0n) is 18.6. The summed E-state index contributed by atoms with van der Waals surface area (Å²) < 4.78 is 1.73. The van der Waals surface area contributed by atoms with E-state index < -0.39 is 11.9 Å². The van der Waals surface area contributed by atoms with E-state index in [2.05, 4.69) is 25.8 Å². The van der Waals surface area contributed by atoms with Crippen LogP contribution in [0.1, 0.15) is 34.5 Å². The number of amides is 3. The molecule has 0 bridgehead atoms. The maximum atomic E-state index is 12.9. The maximum Gasteiger partial charge on any atom is 0.255 e. The second-order valence-corrected chi connectivity index (χ2v) is 8.72. The number of fused-ring (bicyclic) bond motifs is 1. The van der Waals surface area contributed by atoms with E-state index in [0.717, 1.165) is 28.1 Å². The first kappa shape index (κ1) is 21.0. The Kier molecular flexibility index (Phi) is 4.98. The number of aromatic amines is 1. The summed E-state index contributed by atoms with van der Waals surface area (Å²) >= 11 is 0. The number of aromatic nitrogens is 5. The quantitative estimate of drug-likeness (QED) is 0.433. The van der Waals surface area contributed by atoms with Crippen LogP contribution >= 0.6 is 0 Å². The number of benzene rings is 2. The van der Waals surface area contributed by atoms with E-state index in [1.165, 1.54) is 4.90 Å².